The molecule has 14 heavy (non-hydrogen) atoms. The minimum Gasteiger partial charge on any atom is -0.366 e. The van der Waals surface area contributed by atoms with Gasteiger partial charge in [0.05, 0.1) is 0 Å². The highest BCUT2D eigenvalue weighted by atomic mass is 35.5. The van der Waals surface area contributed by atoms with E-state index in [9.17, 15) is 0 Å². The molecule has 0 radical (unpaired) electrons. The number of hydrogen-bond donors (Lipinski definition) is 0. The topological polar surface area (TPSA) is 41.4 Å². The summed E-state index contributed by atoms with van der Waals surface area (Å²) >= 11 is 5.61. The van der Waals surface area contributed by atoms with Gasteiger partial charge < -0.3 is 4.90 Å². The molecule has 0 saturated carbocycles. The van der Waals surface area contributed by atoms with Gasteiger partial charge in [0.1, 0.15) is 5.84 Å². The van der Waals surface area contributed by atoms with E-state index < -0.39 is 0 Å². The predicted molar refractivity (Wildman–Crippen MR) is 58.1 cm³/mol. The molecular formula is C9H13ClN4. The van der Waals surface area contributed by atoms with Gasteiger partial charge in [-0.1, -0.05) is 18.5 Å². The second-order valence-corrected chi connectivity index (χ2v) is 3.38. The molecule has 0 saturated heterocycles. The molecule has 0 unspecified atom stereocenters. The fourth-order valence-electron chi connectivity index (χ4n) is 0.996. The first kappa shape index (κ1) is 10.9. The fraction of sp³-hybridized carbons (Fsp3) is 0.444. The molecule has 1 aromatic rings. The van der Waals surface area contributed by atoms with Crippen molar-refractivity contribution >= 4 is 23.3 Å². The molecule has 0 atom stereocenters. The van der Waals surface area contributed by atoms with Gasteiger partial charge in [-0.2, -0.15) is 0 Å². The highest BCUT2D eigenvalue weighted by Crippen LogP contribution is 2.10. The summed E-state index contributed by atoms with van der Waals surface area (Å²) in [5, 5.41) is 7.95. The number of rotatable bonds is 2. The number of aliphatic imine (C=N–C) groups is 1. The molecule has 0 aliphatic heterocycles. The minimum atomic E-state index is 0.381. The predicted octanol–water partition coefficient (Wildman–Crippen LogP) is 2.13. The van der Waals surface area contributed by atoms with E-state index in [0.29, 0.717) is 11.0 Å². The molecule has 0 N–H and O–H groups in total. The third-order valence-corrected chi connectivity index (χ3v) is 1.90. The van der Waals surface area contributed by atoms with Gasteiger partial charge >= 0.3 is 0 Å². The van der Waals surface area contributed by atoms with Crippen LogP contribution in [0, 0.1) is 0 Å². The zero-order valence-electron chi connectivity index (χ0n) is 8.53. The Bertz CT molecular complexity index is 318. The largest absolute Gasteiger partial charge is 0.366 e. The van der Waals surface area contributed by atoms with Crippen molar-refractivity contribution in [1.29, 1.82) is 0 Å². The third-order valence-electron chi connectivity index (χ3n) is 1.69. The average Bonchev–Trinajstić information content (AvgIpc) is 2.16. The van der Waals surface area contributed by atoms with Crippen molar-refractivity contribution in [1.82, 2.24) is 15.1 Å². The first-order valence-electron chi connectivity index (χ1n) is 4.37. The van der Waals surface area contributed by atoms with Crippen LogP contribution in [0.15, 0.2) is 17.1 Å². The van der Waals surface area contributed by atoms with Crippen molar-refractivity contribution in [3.05, 3.63) is 17.3 Å². The minimum absolute atomic E-state index is 0.381. The van der Waals surface area contributed by atoms with Crippen LogP contribution in [0.25, 0.3) is 0 Å². The van der Waals surface area contributed by atoms with Crippen LogP contribution in [0.1, 0.15) is 13.3 Å². The van der Waals surface area contributed by atoms with Crippen molar-refractivity contribution in [2.24, 2.45) is 4.99 Å². The van der Waals surface area contributed by atoms with Crippen LogP contribution in [-0.2, 0) is 0 Å². The van der Waals surface area contributed by atoms with Gasteiger partial charge in [-0.25, -0.2) is 4.99 Å². The van der Waals surface area contributed by atoms with Crippen LogP contribution in [-0.4, -0.2) is 35.0 Å². The maximum atomic E-state index is 5.61. The van der Waals surface area contributed by atoms with Crippen LogP contribution >= 0.6 is 11.6 Å². The first-order chi connectivity index (χ1) is 6.63. The lowest BCUT2D eigenvalue weighted by atomic mass is 10.4. The van der Waals surface area contributed by atoms with E-state index >= 15 is 0 Å². The van der Waals surface area contributed by atoms with E-state index in [2.05, 4.69) is 15.2 Å². The quantitative estimate of drug-likeness (QED) is 0.557. The van der Waals surface area contributed by atoms with E-state index in [1.54, 1.807) is 12.1 Å². The zero-order chi connectivity index (χ0) is 10.6. The first-order valence-corrected chi connectivity index (χ1v) is 4.75. The maximum absolute atomic E-state index is 5.61. The van der Waals surface area contributed by atoms with Gasteiger partial charge in [-0.05, 0) is 12.1 Å². The lowest BCUT2D eigenvalue weighted by Crippen LogP contribution is -2.20. The Kier molecular flexibility index (Phi) is 3.83. The number of nitrogens with zero attached hydrogens (tertiary/aromatic N) is 4. The monoisotopic (exact) mass is 212 g/mol. The highest BCUT2D eigenvalue weighted by molar-refractivity contribution is 6.29. The summed E-state index contributed by atoms with van der Waals surface area (Å²) in [4.78, 5) is 6.28. The summed E-state index contributed by atoms with van der Waals surface area (Å²) in [7, 11) is 3.90. The lowest BCUT2D eigenvalue weighted by Gasteiger charge is -2.13. The Labute approximate surface area is 88.6 Å². The second-order valence-electron chi connectivity index (χ2n) is 2.99. The molecule has 0 amide bonds. The van der Waals surface area contributed by atoms with Crippen LogP contribution in [0.2, 0.25) is 5.15 Å². The highest BCUT2D eigenvalue weighted by Gasteiger charge is 2.00. The Morgan fingerprint density at radius 3 is 2.57 bits per heavy atom. The molecule has 1 aromatic heterocycles. The average molecular weight is 213 g/mol. The van der Waals surface area contributed by atoms with Crippen molar-refractivity contribution in [2.45, 2.75) is 13.3 Å². The van der Waals surface area contributed by atoms with Gasteiger partial charge in [-0.15, -0.1) is 10.2 Å². The second kappa shape index (κ2) is 4.91. The molecule has 1 heterocycles. The Morgan fingerprint density at radius 2 is 2.14 bits per heavy atom. The summed E-state index contributed by atoms with van der Waals surface area (Å²) in [5.41, 5.74) is 0. The van der Waals surface area contributed by atoms with Gasteiger partial charge in [0.2, 0.25) is 0 Å². The van der Waals surface area contributed by atoms with Gasteiger partial charge in [0.15, 0.2) is 11.0 Å². The number of hydrogen-bond acceptors (Lipinski definition) is 3. The number of aromatic nitrogens is 2. The molecule has 4 nitrogen and oxygen atoms in total. The van der Waals surface area contributed by atoms with Gasteiger partial charge in [0, 0.05) is 20.5 Å². The van der Waals surface area contributed by atoms with Crippen LogP contribution < -0.4 is 0 Å². The Morgan fingerprint density at radius 1 is 1.43 bits per heavy atom. The molecule has 0 aromatic carbocycles. The van der Waals surface area contributed by atoms with Crippen molar-refractivity contribution in [2.75, 3.05) is 14.1 Å². The van der Waals surface area contributed by atoms with Crippen molar-refractivity contribution < 1.29 is 0 Å². The summed E-state index contributed by atoms with van der Waals surface area (Å²) in [6.45, 7) is 2.04. The molecule has 0 spiro atoms. The normalized spacial score (nSPS) is 11.6. The smallest absolute Gasteiger partial charge is 0.176 e. The van der Waals surface area contributed by atoms with Crippen molar-refractivity contribution in [3.63, 3.8) is 0 Å². The summed E-state index contributed by atoms with van der Waals surface area (Å²) in [5.74, 6) is 1.54. The SMILES string of the molecule is CC/C(=N/c1ccc(Cl)nn1)N(C)C. The van der Waals surface area contributed by atoms with Crippen LogP contribution in [0.3, 0.4) is 0 Å². The molecule has 0 aliphatic carbocycles. The van der Waals surface area contributed by atoms with Crippen LogP contribution in [0.4, 0.5) is 5.82 Å². The standard InChI is InChI=1S/C9H13ClN4/c1-4-9(14(2)3)11-8-6-5-7(10)12-13-8/h5-6H,4H2,1-3H3/b11-9-. The molecule has 76 valence electrons. The lowest BCUT2D eigenvalue weighted by molar-refractivity contribution is 0.607. The molecule has 0 fully saturated rings. The molecule has 0 bridgehead atoms. The molecule has 5 heteroatoms. The van der Waals surface area contributed by atoms with Gasteiger partial charge in [-0.3, -0.25) is 0 Å². The maximum Gasteiger partial charge on any atom is 0.176 e. The zero-order valence-corrected chi connectivity index (χ0v) is 9.28. The molecule has 1 rings (SSSR count). The van der Waals surface area contributed by atoms with Gasteiger partial charge in [0.25, 0.3) is 0 Å². The van der Waals surface area contributed by atoms with E-state index in [1.165, 1.54) is 0 Å². The number of halogens is 1. The van der Waals surface area contributed by atoms with E-state index in [4.69, 9.17) is 11.6 Å². The van der Waals surface area contributed by atoms with E-state index in [1.807, 2.05) is 25.9 Å². The Hall–Kier alpha value is -1.16. The summed E-state index contributed by atoms with van der Waals surface area (Å²) in [6.07, 6.45) is 0.858. The molecular weight excluding hydrogens is 200 g/mol. The molecule has 0 aliphatic rings. The van der Waals surface area contributed by atoms with E-state index in [-0.39, 0.29) is 0 Å². The fourth-order valence-corrected chi connectivity index (χ4v) is 1.10. The summed E-state index contributed by atoms with van der Waals surface area (Å²) in [6, 6.07) is 3.42. The Balaban J connectivity index is 2.89. The van der Waals surface area contributed by atoms with E-state index in [0.717, 1.165) is 12.3 Å². The van der Waals surface area contributed by atoms with Crippen LogP contribution in [0.5, 0.6) is 0 Å². The summed E-state index contributed by atoms with van der Waals surface area (Å²) < 4.78 is 0. The third kappa shape index (κ3) is 2.96. The number of amidine groups is 1. The van der Waals surface area contributed by atoms with Crippen molar-refractivity contribution in [3.8, 4) is 0 Å².